The first-order valence-corrected chi connectivity index (χ1v) is 7.78. The molecule has 1 fully saturated rings. The number of benzene rings is 1. The number of amides is 1. The van der Waals surface area contributed by atoms with Gasteiger partial charge in [-0.2, -0.15) is 0 Å². The molecule has 1 atom stereocenters. The summed E-state index contributed by atoms with van der Waals surface area (Å²) >= 11 is 5.82. The van der Waals surface area contributed by atoms with Crippen molar-refractivity contribution in [2.75, 3.05) is 38.0 Å². The SMILES string of the molecule is CN(C)c1ccc(C(=O)N2CCCC(CCCl)C2)cc1. The molecule has 110 valence electrons. The first-order chi connectivity index (χ1) is 9.61. The van der Waals surface area contributed by atoms with Gasteiger partial charge in [0.2, 0.25) is 0 Å². The Morgan fingerprint density at radius 1 is 1.35 bits per heavy atom. The molecule has 0 N–H and O–H groups in total. The van der Waals surface area contributed by atoms with E-state index in [9.17, 15) is 4.79 Å². The quantitative estimate of drug-likeness (QED) is 0.796. The van der Waals surface area contributed by atoms with Gasteiger partial charge in [0.25, 0.3) is 5.91 Å². The molecule has 0 bridgehead atoms. The van der Waals surface area contributed by atoms with E-state index < -0.39 is 0 Å². The van der Waals surface area contributed by atoms with Crippen LogP contribution in [0.5, 0.6) is 0 Å². The van der Waals surface area contributed by atoms with E-state index >= 15 is 0 Å². The van der Waals surface area contributed by atoms with E-state index in [4.69, 9.17) is 11.6 Å². The second-order valence-electron chi connectivity index (χ2n) is 5.68. The number of hydrogen-bond donors (Lipinski definition) is 0. The zero-order valence-corrected chi connectivity index (χ0v) is 13.1. The van der Waals surface area contributed by atoms with Crippen LogP contribution in [0, 0.1) is 5.92 Å². The van der Waals surface area contributed by atoms with Crippen molar-refractivity contribution in [3.63, 3.8) is 0 Å². The van der Waals surface area contributed by atoms with Gasteiger partial charge in [0.1, 0.15) is 0 Å². The maximum absolute atomic E-state index is 12.5. The molecule has 0 saturated carbocycles. The minimum atomic E-state index is 0.148. The minimum absolute atomic E-state index is 0.148. The highest BCUT2D eigenvalue weighted by Gasteiger charge is 2.24. The molecule has 20 heavy (non-hydrogen) atoms. The van der Waals surface area contributed by atoms with Gasteiger partial charge < -0.3 is 9.80 Å². The van der Waals surface area contributed by atoms with Gasteiger partial charge in [-0.3, -0.25) is 4.79 Å². The van der Waals surface area contributed by atoms with E-state index in [0.717, 1.165) is 37.2 Å². The molecular weight excluding hydrogens is 272 g/mol. The summed E-state index contributed by atoms with van der Waals surface area (Å²) in [6.45, 7) is 1.72. The standard InChI is InChI=1S/C16H23ClN2O/c1-18(2)15-7-5-14(6-8-15)16(20)19-11-3-4-13(12-19)9-10-17/h5-8,13H,3-4,9-12H2,1-2H3. The van der Waals surface area contributed by atoms with Crippen molar-refractivity contribution in [1.82, 2.24) is 4.90 Å². The number of piperidine rings is 1. The zero-order chi connectivity index (χ0) is 14.5. The number of carbonyl (C=O) groups is 1. The van der Waals surface area contributed by atoms with Crippen LogP contribution in [0.15, 0.2) is 24.3 Å². The third kappa shape index (κ3) is 3.66. The number of carbonyl (C=O) groups excluding carboxylic acids is 1. The van der Waals surface area contributed by atoms with Crippen molar-refractivity contribution in [1.29, 1.82) is 0 Å². The second-order valence-corrected chi connectivity index (χ2v) is 6.06. The fourth-order valence-corrected chi connectivity index (χ4v) is 3.03. The lowest BCUT2D eigenvalue weighted by Gasteiger charge is -2.32. The number of hydrogen-bond acceptors (Lipinski definition) is 2. The Morgan fingerprint density at radius 3 is 2.65 bits per heavy atom. The normalized spacial score (nSPS) is 18.9. The first-order valence-electron chi connectivity index (χ1n) is 7.24. The maximum atomic E-state index is 12.5. The summed E-state index contributed by atoms with van der Waals surface area (Å²) in [5, 5.41) is 0. The van der Waals surface area contributed by atoms with Gasteiger partial charge in [-0.15, -0.1) is 11.6 Å². The number of halogens is 1. The Bertz CT molecular complexity index is 442. The van der Waals surface area contributed by atoms with Crippen molar-refractivity contribution in [3.05, 3.63) is 29.8 Å². The highest BCUT2D eigenvalue weighted by Crippen LogP contribution is 2.22. The third-order valence-corrected chi connectivity index (χ3v) is 4.17. The topological polar surface area (TPSA) is 23.6 Å². The summed E-state index contributed by atoms with van der Waals surface area (Å²) in [7, 11) is 4.00. The van der Waals surface area contributed by atoms with Crippen molar-refractivity contribution in [2.45, 2.75) is 19.3 Å². The number of likely N-dealkylation sites (tertiary alicyclic amines) is 1. The maximum Gasteiger partial charge on any atom is 0.253 e. The van der Waals surface area contributed by atoms with Crippen LogP contribution in [-0.2, 0) is 0 Å². The predicted molar refractivity (Wildman–Crippen MR) is 84.7 cm³/mol. The van der Waals surface area contributed by atoms with Crippen LogP contribution in [0.2, 0.25) is 0 Å². The largest absolute Gasteiger partial charge is 0.378 e. The molecule has 1 aliphatic rings. The second kappa shape index (κ2) is 6.98. The average Bonchev–Trinajstić information content (AvgIpc) is 2.47. The van der Waals surface area contributed by atoms with Gasteiger partial charge in [0.15, 0.2) is 0 Å². The van der Waals surface area contributed by atoms with Crippen LogP contribution in [0.25, 0.3) is 0 Å². The van der Waals surface area contributed by atoms with Crippen LogP contribution in [0.4, 0.5) is 5.69 Å². The van der Waals surface area contributed by atoms with Crippen molar-refractivity contribution < 1.29 is 4.79 Å². The lowest BCUT2D eigenvalue weighted by atomic mass is 9.95. The molecule has 1 saturated heterocycles. The fourth-order valence-electron chi connectivity index (χ4n) is 2.72. The van der Waals surface area contributed by atoms with E-state index in [0.29, 0.717) is 11.8 Å². The summed E-state index contributed by atoms with van der Waals surface area (Å²) in [6, 6.07) is 7.83. The Hall–Kier alpha value is -1.22. The summed E-state index contributed by atoms with van der Waals surface area (Å²) in [5.74, 6) is 1.39. The number of rotatable bonds is 4. The Balaban J connectivity index is 2.02. The molecule has 1 amide bonds. The van der Waals surface area contributed by atoms with Crippen molar-refractivity contribution in [2.24, 2.45) is 5.92 Å². The number of nitrogens with zero attached hydrogens (tertiary/aromatic N) is 2. The molecule has 2 rings (SSSR count). The molecule has 4 heteroatoms. The Labute approximate surface area is 126 Å². The zero-order valence-electron chi connectivity index (χ0n) is 12.3. The third-order valence-electron chi connectivity index (χ3n) is 3.95. The molecular formula is C16H23ClN2O. The number of anilines is 1. The van der Waals surface area contributed by atoms with Crippen LogP contribution < -0.4 is 4.90 Å². The highest BCUT2D eigenvalue weighted by atomic mass is 35.5. The van der Waals surface area contributed by atoms with Crippen LogP contribution >= 0.6 is 11.6 Å². The fraction of sp³-hybridized carbons (Fsp3) is 0.562. The molecule has 1 aromatic rings. The molecule has 3 nitrogen and oxygen atoms in total. The van der Waals surface area contributed by atoms with Gasteiger partial charge in [0.05, 0.1) is 0 Å². The smallest absolute Gasteiger partial charge is 0.253 e. The average molecular weight is 295 g/mol. The summed E-state index contributed by atoms with van der Waals surface area (Å²) in [6.07, 6.45) is 3.28. The molecule has 0 aliphatic carbocycles. The summed E-state index contributed by atoms with van der Waals surface area (Å²) in [5.41, 5.74) is 1.89. The Kier molecular flexibility index (Phi) is 5.30. The molecule has 1 heterocycles. The van der Waals surface area contributed by atoms with Gasteiger partial charge in [-0.25, -0.2) is 0 Å². The van der Waals surface area contributed by atoms with Crippen LogP contribution in [-0.4, -0.2) is 43.9 Å². The highest BCUT2D eigenvalue weighted by molar-refractivity contribution is 6.17. The summed E-state index contributed by atoms with van der Waals surface area (Å²) in [4.78, 5) is 16.5. The van der Waals surface area contributed by atoms with E-state index in [1.165, 1.54) is 6.42 Å². The van der Waals surface area contributed by atoms with Crippen molar-refractivity contribution >= 4 is 23.2 Å². The first kappa shape index (κ1) is 15.2. The van der Waals surface area contributed by atoms with E-state index in [1.807, 2.05) is 48.2 Å². The van der Waals surface area contributed by atoms with E-state index in [-0.39, 0.29) is 5.91 Å². The monoisotopic (exact) mass is 294 g/mol. The lowest BCUT2D eigenvalue weighted by molar-refractivity contribution is 0.0671. The minimum Gasteiger partial charge on any atom is -0.378 e. The molecule has 0 aromatic heterocycles. The van der Waals surface area contributed by atoms with Crippen LogP contribution in [0.3, 0.4) is 0 Å². The molecule has 1 unspecified atom stereocenters. The lowest BCUT2D eigenvalue weighted by Crippen LogP contribution is -2.40. The van der Waals surface area contributed by atoms with Gasteiger partial charge >= 0.3 is 0 Å². The number of alkyl halides is 1. The van der Waals surface area contributed by atoms with Gasteiger partial charge in [-0.1, -0.05) is 0 Å². The van der Waals surface area contributed by atoms with Crippen LogP contribution in [0.1, 0.15) is 29.6 Å². The molecule has 1 aromatic carbocycles. The predicted octanol–water partition coefficient (Wildman–Crippen LogP) is 3.23. The van der Waals surface area contributed by atoms with Crippen molar-refractivity contribution in [3.8, 4) is 0 Å². The molecule has 0 spiro atoms. The van der Waals surface area contributed by atoms with Gasteiger partial charge in [-0.05, 0) is 49.4 Å². The van der Waals surface area contributed by atoms with E-state index in [2.05, 4.69) is 0 Å². The van der Waals surface area contributed by atoms with Gasteiger partial charge in [0, 0.05) is 44.3 Å². The van der Waals surface area contributed by atoms with E-state index in [1.54, 1.807) is 0 Å². The summed E-state index contributed by atoms with van der Waals surface area (Å²) < 4.78 is 0. The Morgan fingerprint density at radius 2 is 2.05 bits per heavy atom. The molecule has 1 aliphatic heterocycles. The molecule has 0 radical (unpaired) electrons.